The fraction of sp³-hybridized carbons (Fsp3) is 0.722. The van der Waals surface area contributed by atoms with Crippen molar-refractivity contribution < 1.29 is 4.74 Å². The second kappa shape index (κ2) is 5.06. The van der Waals surface area contributed by atoms with Crippen molar-refractivity contribution in [2.75, 3.05) is 0 Å². The van der Waals surface area contributed by atoms with Crippen molar-refractivity contribution in [3.63, 3.8) is 0 Å². The molecule has 2 bridgehead atoms. The first-order chi connectivity index (χ1) is 9.86. The Morgan fingerprint density at radius 1 is 1.29 bits per heavy atom. The Hall–Kier alpha value is -0.930. The van der Waals surface area contributed by atoms with Crippen molar-refractivity contribution in [1.29, 1.82) is 0 Å². The molecule has 0 amide bonds. The molecule has 2 fully saturated rings. The molecule has 1 aromatic heterocycles. The van der Waals surface area contributed by atoms with Crippen LogP contribution in [0.2, 0.25) is 0 Å². The molecule has 0 radical (unpaired) electrons. The molecule has 3 rings (SSSR count). The number of aromatic nitrogens is 1. The zero-order chi connectivity index (χ0) is 15.3. The monoisotopic (exact) mass is 288 g/mol. The van der Waals surface area contributed by atoms with Crippen molar-refractivity contribution in [1.82, 2.24) is 4.98 Å². The summed E-state index contributed by atoms with van der Waals surface area (Å²) in [4.78, 5) is 4.10. The molecule has 3 heteroatoms. The summed E-state index contributed by atoms with van der Waals surface area (Å²) >= 11 is 0. The molecule has 2 aliphatic carbocycles. The Labute approximate surface area is 128 Å². The summed E-state index contributed by atoms with van der Waals surface area (Å²) in [5, 5.41) is 0. The zero-order valence-electron chi connectivity index (χ0n) is 13.7. The normalized spacial score (nSPS) is 36.6. The Balaban J connectivity index is 1.83. The molecular weight excluding hydrogens is 260 g/mol. The van der Waals surface area contributed by atoms with E-state index in [4.69, 9.17) is 10.5 Å². The summed E-state index contributed by atoms with van der Waals surface area (Å²) in [5.41, 5.74) is 8.00. The van der Waals surface area contributed by atoms with Crippen LogP contribution in [-0.4, -0.2) is 17.1 Å². The Bertz CT molecular complexity index is 499. The molecule has 2 aliphatic rings. The summed E-state index contributed by atoms with van der Waals surface area (Å²) < 4.78 is 6.58. The first kappa shape index (κ1) is 15.0. The van der Waals surface area contributed by atoms with Gasteiger partial charge in [0.25, 0.3) is 0 Å². The van der Waals surface area contributed by atoms with E-state index in [1.54, 1.807) is 0 Å². The molecule has 21 heavy (non-hydrogen) atoms. The molecule has 0 aliphatic heterocycles. The van der Waals surface area contributed by atoms with Crippen molar-refractivity contribution in [2.24, 2.45) is 22.5 Å². The molecule has 2 N–H and O–H groups in total. The lowest BCUT2D eigenvalue weighted by atomic mass is 9.70. The van der Waals surface area contributed by atoms with E-state index in [-0.39, 0.29) is 17.6 Å². The maximum absolute atomic E-state index is 6.58. The van der Waals surface area contributed by atoms with Crippen LogP contribution in [0.4, 0.5) is 0 Å². The number of fused-ring (bicyclic) bond motifs is 2. The summed E-state index contributed by atoms with van der Waals surface area (Å²) in [6.45, 7) is 9.28. The standard InChI is InChI=1S/C18H28N2O/c1-12(19)16(13-6-9-20-10-7-13)21-15-11-14-5-8-18(15,4)17(14,2)3/h6-7,9-10,12,14-16H,5,8,11,19H2,1-4H3. The lowest BCUT2D eigenvalue weighted by molar-refractivity contribution is -0.0943. The molecule has 0 saturated heterocycles. The van der Waals surface area contributed by atoms with Gasteiger partial charge in [0.2, 0.25) is 0 Å². The van der Waals surface area contributed by atoms with E-state index in [9.17, 15) is 0 Å². The maximum atomic E-state index is 6.58. The van der Waals surface area contributed by atoms with Gasteiger partial charge in [-0.15, -0.1) is 0 Å². The van der Waals surface area contributed by atoms with Gasteiger partial charge in [-0.25, -0.2) is 0 Å². The van der Waals surface area contributed by atoms with Gasteiger partial charge in [0.15, 0.2) is 0 Å². The van der Waals surface area contributed by atoms with E-state index >= 15 is 0 Å². The Kier molecular flexibility index (Phi) is 3.61. The fourth-order valence-corrected chi connectivity index (χ4v) is 4.57. The van der Waals surface area contributed by atoms with Crippen LogP contribution in [0, 0.1) is 16.7 Å². The van der Waals surface area contributed by atoms with Crippen LogP contribution in [0.25, 0.3) is 0 Å². The van der Waals surface area contributed by atoms with E-state index in [1.807, 2.05) is 31.5 Å². The summed E-state index contributed by atoms with van der Waals surface area (Å²) in [7, 11) is 0. The highest BCUT2D eigenvalue weighted by atomic mass is 16.5. The molecule has 5 unspecified atom stereocenters. The SMILES string of the molecule is CC(N)C(OC1CC2CCC1(C)C2(C)C)c1ccncc1. The quantitative estimate of drug-likeness (QED) is 0.919. The van der Waals surface area contributed by atoms with Crippen LogP contribution in [-0.2, 0) is 4.74 Å². The largest absolute Gasteiger partial charge is 0.368 e. The first-order valence-corrected chi connectivity index (χ1v) is 8.17. The van der Waals surface area contributed by atoms with Gasteiger partial charge >= 0.3 is 0 Å². The molecule has 1 heterocycles. The van der Waals surface area contributed by atoms with Crippen LogP contribution >= 0.6 is 0 Å². The van der Waals surface area contributed by atoms with Crippen molar-refractivity contribution in [2.45, 2.75) is 65.2 Å². The highest BCUT2D eigenvalue weighted by Crippen LogP contribution is 2.66. The van der Waals surface area contributed by atoms with Gasteiger partial charge in [-0.05, 0) is 60.6 Å². The third-order valence-electron chi connectivity index (χ3n) is 6.54. The summed E-state index contributed by atoms with van der Waals surface area (Å²) in [5.74, 6) is 0.790. The minimum absolute atomic E-state index is 0.0155. The first-order valence-electron chi connectivity index (χ1n) is 8.17. The van der Waals surface area contributed by atoms with Gasteiger partial charge in [0.1, 0.15) is 0 Å². The van der Waals surface area contributed by atoms with Crippen molar-refractivity contribution >= 4 is 0 Å². The molecule has 2 saturated carbocycles. The van der Waals surface area contributed by atoms with Crippen LogP contribution in [0.15, 0.2) is 24.5 Å². The number of rotatable bonds is 4. The smallest absolute Gasteiger partial charge is 0.0978 e. The fourth-order valence-electron chi connectivity index (χ4n) is 4.57. The van der Waals surface area contributed by atoms with Gasteiger partial charge in [0, 0.05) is 18.4 Å². The zero-order valence-corrected chi connectivity index (χ0v) is 13.7. The third kappa shape index (κ3) is 2.22. The molecule has 5 atom stereocenters. The van der Waals surface area contributed by atoms with Gasteiger partial charge in [-0.2, -0.15) is 0 Å². The average molecular weight is 288 g/mol. The predicted octanol–water partition coefficient (Wildman–Crippen LogP) is 3.70. The number of nitrogens with zero attached hydrogens (tertiary/aromatic N) is 1. The third-order valence-corrected chi connectivity index (χ3v) is 6.54. The van der Waals surface area contributed by atoms with Crippen molar-refractivity contribution in [3.05, 3.63) is 30.1 Å². The molecular formula is C18H28N2O. The van der Waals surface area contributed by atoms with Gasteiger partial charge in [-0.1, -0.05) is 20.8 Å². The highest BCUT2D eigenvalue weighted by molar-refractivity contribution is 5.17. The van der Waals surface area contributed by atoms with Crippen molar-refractivity contribution in [3.8, 4) is 0 Å². The molecule has 0 spiro atoms. The second-order valence-corrected chi connectivity index (χ2v) is 7.80. The highest BCUT2D eigenvalue weighted by Gasteiger charge is 2.62. The van der Waals surface area contributed by atoms with Crippen LogP contribution in [0.5, 0.6) is 0 Å². The molecule has 3 nitrogen and oxygen atoms in total. The van der Waals surface area contributed by atoms with E-state index in [0.29, 0.717) is 11.5 Å². The Morgan fingerprint density at radius 2 is 1.95 bits per heavy atom. The second-order valence-electron chi connectivity index (χ2n) is 7.80. The maximum Gasteiger partial charge on any atom is 0.0978 e. The van der Waals surface area contributed by atoms with Gasteiger partial charge in [-0.3, -0.25) is 4.98 Å². The lowest BCUT2D eigenvalue weighted by Crippen LogP contribution is -2.40. The van der Waals surface area contributed by atoms with Crippen LogP contribution in [0.1, 0.15) is 58.6 Å². The van der Waals surface area contributed by atoms with E-state index in [2.05, 4.69) is 25.8 Å². The molecule has 1 aromatic rings. The lowest BCUT2D eigenvalue weighted by Gasteiger charge is -2.41. The number of nitrogens with two attached hydrogens (primary N) is 1. The van der Waals surface area contributed by atoms with Crippen LogP contribution < -0.4 is 5.73 Å². The summed E-state index contributed by atoms with van der Waals surface area (Å²) in [6.07, 6.45) is 7.72. The minimum Gasteiger partial charge on any atom is -0.368 e. The number of pyridine rings is 1. The van der Waals surface area contributed by atoms with Gasteiger partial charge < -0.3 is 10.5 Å². The van der Waals surface area contributed by atoms with Crippen LogP contribution in [0.3, 0.4) is 0 Å². The number of ether oxygens (including phenoxy) is 1. The average Bonchev–Trinajstić information content (AvgIpc) is 2.78. The van der Waals surface area contributed by atoms with E-state index < -0.39 is 0 Å². The predicted molar refractivity (Wildman–Crippen MR) is 84.7 cm³/mol. The number of hydrogen-bond donors (Lipinski definition) is 1. The molecule has 0 aromatic carbocycles. The van der Waals surface area contributed by atoms with E-state index in [0.717, 1.165) is 11.5 Å². The summed E-state index contributed by atoms with van der Waals surface area (Å²) in [6, 6.07) is 4.03. The number of hydrogen-bond acceptors (Lipinski definition) is 3. The Morgan fingerprint density at radius 3 is 2.43 bits per heavy atom. The molecule has 116 valence electrons. The van der Waals surface area contributed by atoms with Gasteiger partial charge in [0.05, 0.1) is 12.2 Å². The van der Waals surface area contributed by atoms with E-state index in [1.165, 1.54) is 19.3 Å². The topological polar surface area (TPSA) is 48.1 Å². The minimum atomic E-state index is -0.0371.